The van der Waals surface area contributed by atoms with Crippen molar-refractivity contribution in [1.29, 1.82) is 0 Å². The monoisotopic (exact) mass is 333 g/mol. The molecule has 1 aliphatic rings. The summed E-state index contributed by atoms with van der Waals surface area (Å²) in [5.41, 5.74) is 0. The zero-order chi connectivity index (χ0) is 15.7. The highest BCUT2D eigenvalue weighted by atomic mass is 32.2. The number of nitrogens with one attached hydrogen (secondary N) is 1. The van der Waals surface area contributed by atoms with Crippen LogP contribution in [0.25, 0.3) is 0 Å². The van der Waals surface area contributed by atoms with Crippen LogP contribution in [-0.4, -0.2) is 48.5 Å². The van der Waals surface area contributed by atoms with E-state index in [2.05, 4.69) is 5.32 Å². The summed E-state index contributed by atoms with van der Waals surface area (Å²) >= 11 is 0. The van der Waals surface area contributed by atoms with E-state index in [4.69, 9.17) is 4.74 Å². The van der Waals surface area contributed by atoms with Gasteiger partial charge in [-0.05, 0) is 37.6 Å². The molecule has 2 rings (SSSR count). The van der Waals surface area contributed by atoms with Crippen LogP contribution in [0.3, 0.4) is 0 Å². The highest BCUT2D eigenvalue weighted by molar-refractivity contribution is 7.91. The van der Waals surface area contributed by atoms with Gasteiger partial charge in [0.1, 0.15) is 16.7 Å². The maximum atomic E-state index is 11.9. The number of ether oxygens (including phenoxy) is 1. The Hall–Kier alpha value is -1.12. The molecule has 1 aliphatic heterocycles. The van der Waals surface area contributed by atoms with Crippen molar-refractivity contribution in [1.82, 2.24) is 5.32 Å². The topological polar surface area (TPSA) is 89.5 Å². The van der Waals surface area contributed by atoms with Crippen molar-refractivity contribution in [3.05, 3.63) is 18.2 Å². The van der Waals surface area contributed by atoms with Crippen LogP contribution in [0, 0.1) is 0 Å². The lowest BCUT2D eigenvalue weighted by Crippen LogP contribution is -2.37. The third-order valence-corrected chi connectivity index (χ3v) is 5.52. The second kappa shape index (κ2) is 5.94. The van der Waals surface area contributed by atoms with Crippen molar-refractivity contribution >= 4 is 19.7 Å². The molecule has 0 spiro atoms. The Morgan fingerprint density at radius 3 is 2.38 bits per heavy atom. The first-order valence-electron chi connectivity index (χ1n) is 6.59. The minimum absolute atomic E-state index is 0.0305. The molecule has 0 aliphatic carbocycles. The van der Waals surface area contributed by atoms with Gasteiger partial charge in [0, 0.05) is 19.1 Å². The first-order chi connectivity index (χ1) is 9.68. The molecule has 0 amide bonds. The molecule has 0 bridgehead atoms. The summed E-state index contributed by atoms with van der Waals surface area (Å²) < 4.78 is 52.6. The molecule has 1 heterocycles. The molecule has 8 heteroatoms. The van der Waals surface area contributed by atoms with Crippen molar-refractivity contribution in [2.75, 3.05) is 25.6 Å². The average molecular weight is 333 g/mol. The van der Waals surface area contributed by atoms with E-state index < -0.39 is 19.7 Å². The fourth-order valence-electron chi connectivity index (χ4n) is 2.21. The zero-order valence-electron chi connectivity index (χ0n) is 12.0. The predicted molar refractivity (Wildman–Crippen MR) is 79.2 cm³/mol. The highest BCUT2D eigenvalue weighted by Gasteiger charge is 2.22. The number of hydrogen-bond donors (Lipinski definition) is 1. The van der Waals surface area contributed by atoms with Gasteiger partial charge in [0.25, 0.3) is 0 Å². The summed E-state index contributed by atoms with van der Waals surface area (Å²) in [7, 11) is -7.04. The Kier molecular flexibility index (Phi) is 4.60. The molecule has 0 radical (unpaired) electrons. The molecule has 1 aromatic rings. The molecule has 0 saturated carbocycles. The van der Waals surface area contributed by atoms with Gasteiger partial charge in [-0.15, -0.1) is 0 Å². The van der Waals surface area contributed by atoms with E-state index in [0.717, 1.165) is 38.0 Å². The van der Waals surface area contributed by atoms with Gasteiger partial charge in [-0.1, -0.05) is 0 Å². The van der Waals surface area contributed by atoms with Crippen molar-refractivity contribution in [2.24, 2.45) is 0 Å². The van der Waals surface area contributed by atoms with Gasteiger partial charge in [0.15, 0.2) is 19.7 Å². The molecule has 0 unspecified atom stereocenters. The van der Waals surface area contributed by atoms with Crippen LogP contribution in [0.4, 0.5) is 0 Å². The summed E-state index contributed by atoms with van der Waals surface area (Å²) in [5, 5.41) is 3.18. The number of hydrogen-bond acceptors (Lipinski definition) is 6. The molecule has 1 fully saturated rings. The standard InChI is InChI=1S/C13H19NO5S2/c1-20(15,16)11-5-6-12(13(8-11)21(2,17)18)19-10-4-3-7-14-9-10/h5-6,8,10,14H,3-4,7,9H2,1-2H3/t10-/m0/s1. The van der Waals surface area contributed by atoms with Gasteiger partial charge >= 0.3 is 0 Å². The third-order valence-electron chi connectivity index (χ3n) is 3.29. The molecule has 1 aromatic carbocycles. The lowest BCUT2D eigenvalue weighted by Gasteiger charge is -2.25. The van der Waals surface area contributed by atoms with Crippen LogP contribution in [-0.2, 0) is 19.7 Å². The van der Waals surface area contributed by atoms with Crippen molar-refractivity contribution < 1.29 is 21.6 Å². The van der Waals surface area contributed by atoms with Crippen LogP contribution in [0.1, 0.15) is 12.8 Å². The van der Waals surface area contributed by atoms with E-state index in [1.165, 1.54) is 12.1 Å². The SMILES string of the molecule is CS(=O)(=O)c1ccc(O[C@H]2CCCNC2)c(S(C)(=O)=O)c1. The van der Waals surface area contributed by atoms with E-state index in [1.807, 2.05) is 0 Å². The smallest absolute Gasteiger partial charge is 0.179 e. The normalized spacial score (nSPS) is 20.2. The van der Waals surface area contributed by atoms with Gasteiger partial charge in [-0.3, -0.25) is 0 Å². The summed E-state index contributed by atoms with van der Waals surface area (Å²) in [6.07, 6.45) is 3.77. The first-order valence-corrected chi connectivity index (χ1v) is 10.4. The number of piperidine rings is 1. The largest absolute Gasteiger partial charge is 0.488 e. The lowest BCUT2D eigenvalue weighted by atomic mass is 10.1. The van der Waals surface area contributed by atoms with Crippen LogP contribution in [0.5, 0.6) is 5.75 Å². The molecule has 21 heavy (non-hydrogen) atoms. The highest BCUT2D eigenvalue weighted by Crippen LogP contribution is 2.28. The maximum absolute atomic E-state index is 11.9. The van der Waals surface area contributed by atoms with Crippen LogP contribution in [0.2, 0.25) is 0 Å². The van der Waals surface area contributed by atoms with E-state index in [-0.39, 0.29) is 21.6 Å². The van der Waals surface area contributed by atoms with Crippen molar-refractivity contribution in [3.63, 3.8) is 0 Å². The number of sulfone groups is 2. The summed E-state index contributed by atoms with van der Waals surface area (Å²) in [4.78, 5) is -0.118. The first kappa shape index (κ1) is 16.3. The van der Waals surface area contributed by atoms with Gasteiger partial charge in [-0.25, -0.2) is 16.8 Å². The lowest BCUT2D eigenvalue weighted by molar-refractivity contribution is 0.163. The molecule has 1 saturated heterocycles. The Bertz CT molecular complexity index is 719. The maximum Gasteiger partial charge on any atom is 0.179 e. The molecule has 118 valence electrons. The fourth-order valence-corrected chi connectivity index (χ4v) is 3.75. The zero-order valence-corrected chi connectivity index (χ0v) is 13.6. The van der Waals surface area contributed by atoms with E-state index >= 15 is 0 Å². The van der Waals surface area contributed by atoms with Gasteiger partial charge in [0.2, 0.25) is 0 Å². The molecule has 0 aromatic heterocycles. The average Bonchev–Trinajstić information content (AvgIpc) is 2.38. The van der Waals surface area contributed by atoms with Gasteiger partial charge < -0.3 is 10.1 Å². The third kappa shape index (κ3) is 4.18. The Labute approximate surface area is 125 Å². The van der Waals surface area contributed by atoms with Gasteiger partial charge in [-0.2, -0.15) is 0 Å². The summed E-state index contributed by atoms with van der Waals surface area (Å²) in [6, 6.07) is 3.95. The van der Waals surface area contributed by atoms with Crippen LogP contribution >= 0.6 is 0 Å². The van der Waals surface area contributed by atoms with Gasteiger partial charge in [0.05, 0.1) is 4.90 Å². The number of rotatable bonds is 4. The molecule has 1 atom stereocenters. The predicted octanol–water partition coefficient (Wildman–Crippen LogP) is 0.624. The molecular formula is C13H19NO5S2. The minimum Gasteiger partial charge on any atom is -0.488 e. The van der Waals surface area contributed by atoms with Crippen LogP contribution < -0.4 is 10.1 Å². The van der Waals surface area contributed by atoms with Crippen molar-refractivity contribution in [2.45, 2.75) is 28.7 Å². The Morgan fingerprint density at radius 1 is 1.14 bits per heavy atom. The molecular weight excluding hydrogens is 314 g/mol. The Balaban J connectivity index is 2.40. The second-order valence-electron chi connectivity index (χ2n) is 5.24. The number of benzene rings is 1. The quantitative estimate of drug-likeness (QED) is 0.869. The molecule has 1 N–H and O–H groups in total. The van der Waals surface area contributed by atoms with Crippen molar-refractivity contribution in [3.8, 4) is 5.75 Å². The van der Waals surface area contributed by atoms with E-state index in [1.54, 1.807) is 0 Å². The summed E-state index contributed by atoms with van der Waals surface area (Å²) in [5.74, 6) is 0.207. The minimum atomic E-state index is -3.58. The van der Waals surface area contributed by atoms with E-state index in [0.29, 0.717) is 6.54 Å². The Morgan fingerprint density at radius 2 is 1.86 bits per heavy atom. The second-order valence-corrected chi connectivity index (χ2v) is 9.24. The summed E-state index contributed by atoms with van der Waals surface area (Å²) in [6.45, 7) is 1.57. The fraction of sp³-hybridized carbons (Fsp3) is 0.538. The molecule has 6 nitrogen and oxygen atoms in total. The van der Waals surface area contributed by atoms with E-state index in [9.17, 15) is 16.8 Å². The van der Waals surface area contributed by atoms with Crippen LogP contribution in [0.15, 0.2) is 28.0 Å².